The lowest BCUT2D eigenvalue weighted by Crippen LogP contribution is -2.48. The minimum Gasteiger partial charge on any atom is -0.373 e. The van der Waals surface area contributed by atoms with E-state index >= 15 is 0 Å². The Morgan fingerprint density at radius 3 is 2.65 bits per heavy atom. The number of nitrogens with one attached hydrogen (secondary N) is 1. The van der Waals surface area contributed by atoms with Crippen LogP contribution in [0.4, 0.5) is 4.39 Å². The molecular weight excluding hydrogens is 253 g/mol. The maximum atomic E-state index is 13.2. The molecule has 3 heteroatoms. The van der Waals surface area contributed by atoms with E-state index in [2.05, 4.69) is 19.2 Å². The molecule has 3 atom stereocenters. The molecule has 0 spiro atoms. The van der Waals surface area contributed by atoms with Crippen molar-refractivity contribution in [2.75, 3.05) is 13.7 Å². The third kappa shape index (κ3) is 3.21. The van der Waals surface area contributed by atoms with Crippen molar-refractivity contribution in [1.82, 2.24) is 5.32 Å². The van der Waals surface area contributed by atoms with E-state index in [1.807, 2.05) is 19.2 Å². The predicted molar refractivity (Wildman–Crippen MR) is 80.2 cm³/mol. The molecule has 112 valence electrons. The molecule has 20 heavy (non-hydrogen) atoms. The lowest BCUT2D eigenvalue weighted by Gasteiger charge is -2.45. The molecule has 0 aliphatic heterocycles. The van der Waals surface area contributed by atoms with Crippen LogP contribution in [0, 0.1) is 11.7 Å². The zero-order valence-electron chi connectivity index (χ0n) is 12.8. The van der Waals surface area contributed by atoms with Crippen LogP contribution >= 0.6 is 0 Å². The highest BCUT2D eigenvalue weighted by atomic mass is 19.1. The molecular formula is C17H26FNO. The zero-order valence-corrected chi connectivity index (χ0v) is 12.8. The molecule has 3 unspecified atom stereocenters. The van der Waals surface area contributed by atoms with Crippen molar-refractivity contribution >= 4 is 0 Å². The summed E-state index contributed by atoms with van der Waals surface area (Å²) in [5, 5.41) is 3.41. The van der Waals surface area contributed by atoms with Gasteiger partial charge in [0.05, 0.1) is 11.6 Å². The Hall–Kier alpha value is -0.930. The second kappa shape index (κ2) is 6.68. The molecule has 0 radical (unpaired) electrons. The van der Waals surface area contributed by atoms with Crippen molar-refractivity contribution in [3.63, 3.8) is 0 Å². The van der Waals surface area contributed by atoms with Gasteiger partial charge in [0.2, 0.25) is 0 Å². The lowest BCUT2D eigenvalue weighted by atomic mass is 9.72. The summed E-state index contributed by atoms with van der Waals surface area (Å²) in [6.45, 7) is 5.06. The van der Waals surface area contributed by atoms with Crippen molar-refractivity contribution in [2.45, 2.75) is 51.2 Å². The summed E-state index contributed by atoms with van der Waals surface area (Å²) in [6.07, 6.45) is 4.59. The van der Waals surface area contributed by atoms with E-state index in [0.29, 0.717) is 12.5 Å². The van der Waals surface area contributed by atoms with Crippen molar-refractivity contribution in [2.24, 2.45) is 5.92 Å². The Balaban J connectivity index is 2.31. The first kappa shape index (κ1) is 15.5. The van der Waals surface area contributed by atoms with Gasteiger partial charge < -0.3 is 10.1 Å². The molecule has 0 amide bonds. The maximum Gasteiger partial charge on any atom is 0.123 e. The standard InChI is InChI=1S/C17H26FNO/c1-4-20-17(11-5-6-13(2)12-17)16(19-3)14-7-9-15(18)10-8-14/h7-10,13,16,19H,4-6,11-12H2,1-3H3. The van der Waals surface area contributed by atoms with Crippen LogP contribution < -0.4 is 5.32 Å². The molecule has 1 N–H and O–H groups in total. The number of benzene rings is 1. The van der Waals surface area contributed by atoms with Gasteiger partial charge >= 0.3 is 0 Å². The van der Waals surface area contributed by atoms with E-state index in [9.17, 15) is 4.39 Å². The highest BCUT2D eigenvalue weighted by molar-refractivity contribution is 5.23. The van der Waals surface area contributed by atoms with Gasteiger partial charge in [0.15, 0.2) is 0 Å². The van der Waals surface area contributed by atoms with Crippen molar-refractivity contribution in [3.05, 3.63) is 35.6 Å². The van der Waals surface area contributed by atoms with Crippen LogP contribution in [0.1, 0.15) is 51.1 Å². The summed E-state index contributed by atoms with van der Waals surface area (Å²) < 4.78 is 19.4. The minimum atomic E-state index is -0.189. The summed E-state index contributed by atoms with van der Waals surface area (Å²) in [5.74, 6) is 0.484. The largest absolute Gasteiger partial charge is 0.373 e. The summed E-state index contributed by atoms with van der Waals surface area (Å²) in [7, 11) is 1.97. The Morgan fingerprint density at radius 2 is 2.10 bits per heavy atom. The van der Waals surface area contributed by atoms with Gasteiger partial charge in [-0.2, -0.15) is 0 Å². The maximum absolute atomic E-state index is 13.2. The number of ether oxygens (including phenoxy) is 1. The summed E-state index contributed by atoms with van der Waals surface area (Å²) >= 11 is 0. The minimum absolute atomic E-state index is 0.116. The average molecular weight is 279 g/mol. The molecule has 0 saturated heterocycles. The molecule has 2 nitrogen and oxygen atoms in total. The van der Waals surface area contributed by atoms with Crippen LogP contribution in [-0.2, 0) is 4.74 Å². The molecule has 0 heterocycles. The third-order valence-electron chi connectivity index (χ3n) is 4.44. The quantitative estimate of drug-likeness (QED) is 0.877. The fourth-order valence-corrected chi connectivity index (χ4v) is 3.70. The van der Waals surface area contributed by atoms with E-state index in [0.717, 1.165) is 18.4 Å². The summed E-state index contributed by atoms with van der Waals surface area (Å²) in [4.78, 5) is 0. The van der Waals surface area contributed by atoms with Gasteiger partial charge in [0.1, 0.15) is 5.82 Å². The average Bonchev–Trinajstić information content (AvgIpc) is 2.42. The fraction of sp³-hybridized carbons (Fsp3) is 0.647. The lowest BCUT2D eigenvalue weighted by molar-refractivity contribution is -0.100. The molecule has 1 aromatic carbocycles. The van der Waals surface area contributed by atoms with Crippen molar-refractivity contribution < 1.29 is 9.13 Å². The zero-order chi connectivity index (χ0) is 14.6. The number of likely N-dealkylation sites (N-methyl/N-ethyl adjacent to an activating group) is 1. The Morgan fingerprint density at radius 1 is 1.40 bits per heavy atom. The monoisotopic (exact) mass is 279 g/mol. The van der Waals surface area contributed by atoms with Gasteiger partial charge in [-0.05, 0) is 50.4 Å². The van der Waals surface area contributed by atoms with Crippen LogP contribution in [-0.4, -0.2) is 19.3 Å². The van der Waals surface area contributed by atoms with Gasteiger partial charge in [-0.15, -0.1) is 0 Å². The Bertz CT molecular complexity index is 416. The first-order valence-corrected chi connectivity index (χ1v) is 7.68. The number of halogens is 1. The summed E-state index contributed by atoms with van der Waals surface area (Å²) in [6, 6.07) is 6.93. The SMILES string of the molecule is CCOC1(C(NC)c2ccc(F)cc2)CCCC(C)C1. The van der Waals surface area contributed by atoms with Gasteiger partial charge in [0.25, 0.3) is 0 Å². The number of hydrogen-bond donors (Lipinski definition) is 1. The fourth-order valence-electron chi connectivity index (χ4n) is 3.70. The van der Waals surface area contributed by atoms with Crippen LogP contribution in [0.25, 0.3) is 0 Å². The van der Waals surface area contributed by atoms with Crippen molar-refractivity contribution in [3.8, 4) is 0 Å². The second-order valence-corrected chi connectivity index (χ2v) is 5.97. The van der Waals surface area contributed by atoms with Crippen molar-refractivity contribution in [1.29, 1.82) is 0 Å². The van der Waals surface area contributed by atoms with E-state index in [1.54, 1.807) is 0 Å². The Kier molecular flexibility index (Phi) is 5.17. The van der Waals surface area contributed by atoms with Crippen LogP contribution in [0.2, 0.25) is 0 Å². The number of hydrogen-bond acceptors (Lipinski definition) is 2. The van der Waals surface area contributed by atoms with Gasteiger partial charge in [-0.25, -0.2) is 4.39 Å². The van der Waals surface area contributed by atoms with E-state index in [4.69, 9.17) is 4.74 Å². The third-order valence-corrected chi connectivity index (χ3v) is 4.44. The normalized spacial score (nSPS) is 28.3. The molecule has 1 aliphatic rings. The molecule has 0 bridgehead atoms. The van der Waals surface area contributed by atoms with Gasteiger partial charge in [-0.3, -0.25) is 0 Å². The number of rotatable bonds is 5. The molecule has 1 saturated carbocycles. The molecule has 1 aromatic rings. The second-order valence-electron chi connectivity index (χ2n) is 5.97. The molecule has 2 rings (SSSR count). The highest BCUT2D eigenvalue weighted by Crippen LogP contribution is 2.43. The molecule has 1 aliphatic carbocycles. The predicted octanol–water partition coefficient (Wildman–Crippen LogP) is 4.07. The topological polar surface area (TPSA) is 21.3 Å². The van der Waals surface area contributed by atoms with E-state index < -0.39 is 0 Å². The van der Waals surface area contributed by atoms with E-state index in [1.165, 1.54) is 25.0 Å². The van der Waals surface area contributed by atoms with Crippen LogP contribution in [0.15, 0.2) is 24.3 Å². The van der Waals surface area contributed by atoms with Crippen LogP contribution in [0.5, 0.6) is 0 Å². The molecule has 0 aromatic heterocycles. The van der Waals surface area contributed by atoms with E-state index in [-0.39, 0.29) is 17.5 Å². The first-order chi connectivity index (χ1) is 9.61. The van der Waals surface area contributed by atoms with Crippen LogP contribution in [0.3, 0.4) is 0 Å². The first-order valence-electron chi connectivity index (χ1n) is 7.68. The highest BCUT2D eigenvalue weighted by Gasteiger charge is 2.42. The summed E-state index contributed by atoms with van der Waals surface area (Å²) in [5.41, 5.74) is 0.940. The van der Waals surface area contributed by atoms with Gasteiger partial charge in [-0.1, -0.05) is 31.9 Å². The Labute approximate surface area is 121 Å². The smallest absolute Gasteiger partial charge is 0.123 e. The molecule has 1 fully saturated rings. The van der Waals surface area contributed by atoms with Gasteiger partial charge in [0, 0.05) is 6.61 Å².